The molecule has 3 heterocycles. The van der Waals surface area contributed by atoms with Gasteiger partial charge in [0.25, 0.3) is 0 Å². The summed E-state index contributed by atoms with van der Waals surface area (Å²) >= 11 is 0. The fourth-order valence-corrected chi connectivity index (χ4v) is 3.12. The molecule has 0 saturated carbocycles. The number of hydrogen-bond acceptors (Lipinski definition) is 3. The van der Waals surface area contributed by atoms with Gasteiger partial charge in [0.1, 0.15) is 17.3 Å². The third kappa shape index (κ3) is 3.57. The summed E-state index contributed by atoms with van der Waals surface area (Å²) in [5, 5.41) is 3.02. The van der Waals surface area contributed by atoms with E-state index in [0.717, 1.165) is 42.4 Å². The molecule has 0 bridgehead atoms. The van der Waals surface area contributed by atoms with Crippen molar-refractivity contribution in [2.75, 3.05) is 13.6 Å². The minimum Gasteiger partial charge on any atom is -0.464 e. The van der Waals surface area contributed by atoms with E-state index < -0.39 is 0 Å². The number of nitrogens with one attached hydrogen (secondary N) is 1. The molecular weight excluding hydrogens is 292 g/mol. The van der Waals surface area contributed by atoms with E-state index in [4.69, 9.17) is 4.42 Å². The van der Waals surface area contributed by atoms with Gasteiger partial charge >= 0.3 is 6.03 Å². The zero-order chi connectivity index (χ0) is 16.4. The van der Waals surface area contributed by atoms with Crippen LogP contribution in [-0.4, -0.2) is 34.1 Å². The van der Waals surface area contributed by atoms with Gasteiger partial charge in [-0.2, -0.15) is 0 Å². The van der Waals surface area contributed by atoms with Crippen LogP contribution in [0, 0.1) is 13.8 Å². The fourth-order valence-electron chi connectivity index (χ4n) is 3.12. The van der Waals surface area contributed by atoms with Crippen LogP contribution >= 0.6 is 0 Å². The smallest absolute Gasteiger partial charge is 0.317 e. The molecule has 0 unspecified atom stereocenters. The Labute approximate surface area is 136 Å². The molecule has 6 heteroatoms. The molecule has 2 aromatic heterocycles. The Kier molecular flexibility index (Phi) is 4.41. The maximum Gasteiger partial charge on any atom is 0.317 e. The molecule has 2 amide bonds. The van der Waals surface area contributed by atoms with Crippen molar-refractivity contribution in [1.29, 1.82) is 0 Å². The molecule has 3 rings (SSSR count). The molecule has 6 nitrogen and oxygen atoms in total. The van der Waals surface area contributed by atoms with Gasteiger partial charge in [-0.15, -0.1) is 0 Å². The summed E-state index contributed by atoms with van der Waals surface area (Å²) in [5.41, 5.74) is 1.04. The Balaban J connectivity index is 1.55. The second kappa shape index (κ2) is 6.48. The largest absolute Gasteiger partial charge is 0.464 e. The fraction of sp³-hybridized carbons (Fsp3) is 0.529. The summed E-state index contributed by atoms with van der Waals surface area (Å²) in [7, 11) is 1.78. The number of hydrogen-bond donors (Lipinski definition) is 1. The van der Waals surface area contributed by atoms with E-state index in [-0.39, 0.29) is 6.03 Å². The summed E-state index contributed by atoms with van der Waals surface area (Å²) in [5.74, 6) is 3.04. The van der Waals surface area contributed by atoms with Crippen LogP contribution < -0.4 is 5.32 Å². The van der Waals surface area contributed by atoms with E-state index in [1.807, 2.05) is 26.0 Å². The van der Waals surface area contributed by atoms with Crippen LogP contribution in [0.2, 0.25) is 0 Å². The molecule has 124 valence electrons. The maximum atomic E-state index is 12.3. The monoisotopic (exact) mass is 316 g/mol. The van der Waals surface area contributed by atoms with Crippen molar-refractivity contribution in [3.63, 3.8) is 0 Å². The number of aryl methyl sites for hydroxylation is 3. The molecule has 0 aliphatic carbocycles. The van der Waals surface area contributed by atoms with E-state index in [0.29, 0.717) is 19.0 Å². The molecule has 0 fully saturated rings. The van der Waals surface area contributed by atoms with Crippen LogP contribution in [0.15, 0.2) is 22.7 Å². The third-order valence-electron chi connectivity index (χ3n) is 4.28. The molecule has 23 heavy (non-hydrogen) atoms. The zero-order valence-corrected chi connectivity index (χ0v) is 14.0. The molecule has 1 atom stereocenters. The third-order valence-corrected chi connectivity index (χ3v) is 4.28. The van der Waals surface area contributed by atoms with Gasteiger partial charge in [0.15, 0.2) is 0 Å². The van der Waals surface area contributed by atoms with Crippen LogP contribution in [-0.2, 0) is 13.1 Å². The quantitative estimate of drug-likeness (QED) is 0.943. The van der Waals surface area contributed by atoms with Crippen molar-refractivity contribution >= 4 is 6.03 Å². The molecule has 0 spiro atoms. The number of carbonyl (C=O) groups excluding carboxylic acids is 1. The van der Waals surface area contributed by atoms with Crippen molar-refractivity contribution in [3.05, 3.63) is 41.4 Å². The van der Waals surface area contributed by atoms with Gasteiger partial charge in [-0.05, 0) is 38.8 Å². The molecule has 1 aliphatic rings. The number of furan rings is 1. The van der Waals surface area contributed by atoms with Gasteiger partial charge < -0.3 is 19.2 Å². The molecule has 1 N–H and O–H groups in total. The Morgan fingerprint density at radius 3 is 3.04 bits per heavy atom. The van der Waals surface area contributed by atoms with Crippen molar-refractivity contribution < 1.29 is 9.21 Å². The topological polar surface area (TPSA) is 63.3 Å². The lowest BCUT2D eigenvalue weighted by molar-refractivity contribution is 0.201. The SMILES string of the molecule is Cc1cn2c(n1)[C@@H](CNC(=O)N(C)Cc1ccc(C)o1)CCC2. The van der Waals surface area contributed by atoms with Crippen molar-refractivity contribution in [2.24, 2.45) is 0 Å². The molecule has 0 radical (unpaired) electrons. The average molecular weight is 316 g/mol. The minimum absolute atomic E-state index is 0.0838. The van der Waals surface area contributed by atoms with E-state index in [2.05, 4.69) is 21.1 Å². The second-order valence-corrected chi connectivity index (χ2v) is 6.33. The molecule has 0 aromatic carbocycles. The van der Waals surface area contributed by atoms with Gasteiger partial charge in [-0.3, -0.25) is 0 Å². The predicted molar refractivity (Wildman–Crippen MR) is 87.2 cm³/mol. The van der Waals surface area contributed by atoms with Crippen LogP contribution in [0.25, 0.3) is 0 Å². The van der Waals surface area contributed by atoms with Gasteiger partial charge in [0, 0.05) is 32.3 Å². The molecule has 0 saturated heterocycles. The second-order valence-electron chi connectivity index (χ2n) is 6.33. The van der Waals surface area contributed by atoms with Crippen LogP contribution in [0.1, 0.15) is 41.8 Å². The summed E-state index contributed by atoms with van der Waals surface area (Å²) < 4.78 is 7.73. The lowest BCUT2D eigenvalue weighted by Gasteiger charge is -2.25. The van der Waals surface area contributed by atoms with Crippen LogP contribution in [0.4, 0.5) is 4.79 Å². The Bertz CT molecular complexity index is 689. The Morgan fingerprint density at radius 2 is 2.30 bits per heavy atom. The molecule has 2 aromatic rings. The first-order valence-electron chi connectivity index (χ1n) is 8.11. The van der Waals surface area contributed by atoms with Crippen molar-refractivity contribution in [1.82, 2.24) is 19.8 Å². The number of imidazole rings is 1. The maximum absolute atomic E-state index is 12.3. The number of rotatable bonds is 4. The highest BCUT2D eigenvalue weighted by Crippen LogP contribution is 2.26. The lowest BCUT2D eigenvalue weighted by Crippen LogP contribution is -2.39. The number of aromatic nitrogens is 2. The highest BCUT2D eigenvalue weighted by molar-refractivity contribution is 5.73. The van der Waals surface area contributed by atoms with E-state index in [9.17, 15) is 4.79 Å². The number of carbonyl (C=O) groups is 1. The first-order valence-corrected chi connectivity index (χ1v) is 8.11. The van der Waals surface area contributed by atoms with Gasteiger partial charge in [-0.1, -0.05) is 0 Å². The Morgan fingerprint density at radius 1 is 1.48 bits per heavy atom. The first-order chi connectivity index (χ1) is 11.0. The minimum atomic E-state index is -0.0838. The molecular formula is C17H24N4O2. The zero-order valence-electron chi connectivity index (χ0n) is 14.0. The van der Waals surface area contributed by atoms with Crippen molar-refractivity contribution in [2.45, 2.75) is 45.7 Å². The highest BCUT2D eigenvalue weighted by atomic mass is 16.3. The summed E-state index contributed by atoms with van der Waals surface area (Å²) in [6.45, 7) is 6.03. The number of fused-ring (bicyclic) bond motifs is 1. The van der Waals surface area contributed by atoms with Gasteiger partial charge in [0.05, 0.1) is 12.2 Å². The van der Waals surface area contributed by atoms with Gasteiger partial charge in [-0.25, -0.2) is 9.78 Å². The number of nitrogens with zero attached hydrogens (tertiary/aromatic N) is 3. The highest BCUT2D eigenvalue weighted by Gasteiger charge is 2.23. The predicted octanol–water partition coefficient (Wildman–Crippen LogP) is 2.81. The number of amides is 2. The average Bonchev–Trinajstić information content (AvgIpc) is 3.09. The van der Waals surface area contributed by atoms with Crippen LogP contribution in [0.5, 0.6) is 0 Å². The number of urea groups is 1. The first kappa shape index (κ1) is 15.6. The summed E-state index contributed by atoms with van der Waals surface area (Å²) in [6.07, 6.45) is 4.29. The lowest BCUT2D eigenvalue weighted by atomic mass is 9.99. The Hall–Kier alpha value is -2.24. The molecule has 1 aliphatic heterocycles. The summed E-state index contributed by atoms with van der Waals surface area (Å²) in [6, 6.07) is 3.73. The van der Waals surface area contributed by atoms with Crippen LogP contribution in [0.3, 0.4) is 0 Å². The van der Waals surface area contributed by atoms with E-state index in [1.54, 1.807) is 11.9 Å². The van der Waals surface area contributed by atoms with E-state index in [1.165, 1.54) is 0 Å². The van der Waals surface area contributed by atoms with Crippen molar-refractivity contribution in [3.8, 4) is 0 Å². The standard InChI is InChI=1S/C17H24N4O2/c1-12-10-21-8-4-5-14(16(21)19-12)9-18-17(22)20(3)11-15-7-6-13(2)23-15/h6-7,10,14H,4-5,8-9,11H2,1-3H3,(H,18,22)/t14-/m1/s1. The normalized spacial score (nSPS) is 16.9. The van der Waals surface area contributed by atoms with Gasteiger partial charge in [0.2, 0.25) is 0 Å². The van der Waals surface area contributed by atoms with E-state index >= 15 is 0 Å². The summed E-state index contributed by atoms with van der Waals surface area (Å²) in [4.78, 5) is 18.5.